The zero-order chi connectivity index (χ0) is 11.4. The number of hydrogen-bond donors (Lipinski definition) is 0. The highest BCUT2D eigenvalue weighted by Gasteiger charge is 2.39. The molecule has 0 amide bonds. The summed E-state index contributed by atoms with van der Waals surface area (Å²) in [5, 5.41) is 0. The maximum atomic E-state index is 5.97. The lowest BCUT2D eigenvalue weighted by atomic mass is 10.0. The topological polar surface area (TPSA) is 18.5 Å². The van der Waals surface area contributed by atoms with Gasteiger partial charge in [-0.15, -0.1) is 0 Å². The van der Waals surface area contributed by atoms with E-state index in [9.17, 15) is 0 Å². The summed E-state index contributed by atoms with van der Waals surface area (Å²) in [6, 6.07) is 10.3. The Morgan fingerprint density at radius 1 is 1.31 bits per heavy atom. The fraction of sp³-hybridized carbons (Fsp3) is 0.571. The molecule has 0 saturated heterocycles. The van der Waals surface area contributed by atoms with Crippen LogP contribution in [0.1, 0.15) is 31.7 Å². The molecule has 1 fully saturated rings. The highest BCUT2D eigenvalue weighted by atomic mass is 16.5. The number of rotatable bonds is 4. The number of hydrogen-bond acceptors (Lipinski definition) is 2. The summed E-state index contributed by atoms with van der Waals surface area (Å²) < 4.78 is 11.5. The molecule has 88 valence electrons. The normalized spacial score (nSPS) is 29.5. The first-order valence-electron chi connectivity index (χ1n) is 5.95. The maximum absolute atomic E-state index is 5.97. The molecule has 1 aromatic carbocycles. The molecule has 1 aliphatic rings. The minimum absolute atomic E-state index is 0.0885. The summed E-state index contributed by atoms with van der Waals surface area (Å²) in [7, 11) is 1.78. The van der Waals surface area contributed by atoms with Crippen molar-refractivity contribution in [2.24, 2.45) is 0 Å². The van der Waals surface area contributed by atoms with E-state index in [4.69, 9.17) is 9.47 Å². The Labute approximate surface area is 97.6 Å². The van der Waals surface area contributed by atoms with Crippen molar-refractivity contribution < 1.29 is 9.47 Å². The van der Waals surface area contributed by atoms with Gasteiger partial charge in [-0.1, -0.05) is 30.3 Å². The lowest BCUT2D eigenvalue weighted by Crippen LogP contribution is -2.37. The summed E-state index contributed by atoms with van der Waals surface area (Å²) in [6.45, 7) is 2.83. The molecule has 1 saturated carbocycles. The molecule has 0 spiro atoms. The molecule has 2 nitrogen and oxygen atoms in total. The fourth-order valence-corrected chi connectivity index (χ4v) is 2.37. The smallest absolute Gasteiger partial charge is 0.0911 e. The van der Waals surface area contributed by atoms with Crippen LogP contribution in [0.4, 0.5) is 0 Å². The Kier molecular flexibility index (Phi) is 3.62. The van der Waals surface area contributed by atoms with Crippen molar-refractivity contribution in [2.75, 3.05) is 7.11 Å². The van der Waals surface area contributed by atoms with Crippen molar-refractivity contribution in [2.45, 2.75) is 44.5 Å². The molecule has 1 aromatic rings. The van der Waals surface area contributed by atoms with Gasteiger partial charge in [-0.05, 0) is 31.7 Å². The third-order valence-corrected chi connectivity index (χ3v) is 3.58. The molecule has 0 heterocycles. The summed E-state index contributed by atoms with van der Waals surface area (Å²) >= 11 is 0. The Morgan fingerprint density at radius 2 is 2.06 bits per heavy atom. The van der Waals surface area contributed by atoms with Gasteiger partial charge in [-0.2, -0.15) is 0 Å². The van der Waals surface area contributed by atoms with E-state index in [1.165, 1.54) is 12.0 Å². The first-order valence-corrected chi connectivity index (χ1v) is 5.95. The average molecular weight is 220 g/mol. The predicted octanol–water partition coefficient (Wildman–Crippen LogP) is 3.16. The van der Waals surface area contributed by atoms with E-state index >= 15 is 0 Å². The summed E-state index contributed by atoms with van der Waals surface area (Å²) in [4.78, 5) is 0. The van der Waals surface area contributed by atoms with Crippen LogP contribution < -0.4 is 0 Å². The van der Waals surface area contributed by atoms with E-state index in [-0.39, 0.29) is 11.7 Å². The van der Waals surface area contributed by atoms with Gasteiger partial charge in [0, 0.05) is 7.11 Å². The second-order valence-electron chi connectivity index (χ2n) is 4.69. The molecular weight excluding hydrogens is 200 g/mol. The first kappa shape index (κ1) is 11.6. The lowest BCUT2D eigenvalue weighted by molar-refractivity contribution is -0.106. The van der Waals surface area contributed by atoms with Crippen molar-refractivity contribution in [3.63, 3.8) is 0 Å². The van der Waals surface area contributed by atoms with Crippen molar-refractivity contribution in [1.82, 2.24) is 0 Å². The van der Waals surface area contributed by atoms with Gasteiger partial charge in [0.15, 0.2) is 0 Å². The SMILES string of the molecule is CO[C@]1(C)CCC[C@H]1OCc1ccccc1. The molecular formula is C14H20O2. The standard InChI is InChI=1S/C14H20O2/c1-14(15-2)10-6-9-13(14)16-11-12-7-4-3-5-8-12/h3-5,7-8,13H,6,9-11H2,1-2H3/t13-,14-/m1/s1. The molecule has 16 heavy (non-hydrogen) atoms. The van der Waals surface area contributed by atoms with Gasteiger partial charge in [-0.3, -0.25) is 0 Å². The summed E-state index contributed by atoms with van der Waals surface area (Å²) in [6.07, 6.45) is 3.64. The highest BCUT2D eigenvalue weighted by Crippen LogP contribution is 2.35. The molecule has 0 radical (unpaired) electrons. The van der Waals surface area contributed by atoms with Crippen molar-refractivity contribution in [3.05, 3.63) is 35.9 Å². The zero-order valence-electron chi connectivity index (χ0n) is 10.1. The monoisotopic (exact) mass is 220 g/mol. The minimum Gasteiger partial charge on any atom is -0.376 e. The van der Waals surface area contributed by atoms with Crippen LogP contribution in [0.2, 0.25) is 0 Å². The first-order chi connectivity index (χ1) is 7.74. The maximum Gasteiger partial charge on any atom is 0.0911 e. The molecule has 0 bridgehead atoms. The molecule has 0 aromatic heterocycles. The molecule has 2 atom stereocenters. The third kappa shape index (κ3) is 2.45. The van der Waals surface area contributed by atoms with Crippen LogP contribution in [0.15, 0.2) is 30.3 Å². The Morgan fingerprint density at radius 3 is 2.75 bits per heavy atom. The molecule has 2 heteroatoms. The number of benzene rings is 1. The van der Waals surface area contributed by atoms with Crippen molar-refractivity contribution in [3.8, 4) is 0 Å². The molecule has 1 aliphatic carbocycles. The predicted molar refractivity (Wildman–Crippen MR) is 64.3 cm³/mol. The quantitative estimate of drug-likeness (QED) is 0.776. The van der Waals surface area contributed by atoms with Crippen LogP contribution in [-0.2, 0) is 16.1 Å². The van der Waals surface area contributed by atoms with Crippen molar-refractivity contribution in [1.29, 1.82) is 0 Å². The van der Waals surface area contributed by atoms with Crippen LogP contribution in [0.3, 0.4) is 0 Å². The van der Waals surface area contributed by atoms with Gasteiger partial charge >= 0.3 is 0 Å². The van der Waals surface area contributed by atoms with E-state index < -0.39 is 0 Å². The lowest BCUT2D eigenvalue weighted by Gasteiger charge is -2.30. The van der Waals surface area contributed by atoms with Crippen LogP contribution >= 0.6 is 0 Å². The van der Waals surface area contributed by atoms with Crippen LogP contribution in [0.5, 0.6) is 0 Å². The van der Waals surface area contributed by atoms with Gasteiger partial charge in [0.1, 0.15) is 0 Å². The Balaban J connectivity index is 1.91. The van der Waals surface area contributed by atoms with Gasteiger partial charge in [0.05, 0.1) is 18.3 Å². The Hall–Kier alpha value is -0.860. The van der Waals surface area contributed by atoms with E-state index in [0.717, 1.165) is 12.8 Å². The fourth-order valence-electron chi connectivity index (χ4n) is 2.37. The van der Waals surface area contributed by atoms with Crippen LogP contribution in [-0.4, -0.2) is 18.8 Å². The van der Waals surface area contributed by atoms with Crippen LogP contribution in [0.25, 0.3) is 0 Å². The molecule has 0 unspecified atom stereocenters. The van der Waals surface area contributed by atoms with E-state index in [1.54, 1.807) is 7.11 Å². The van der Waals surface area contributed by atoms with E-state index in [2.05, 4.69) is 19.1 Å². The van der Waals surface area contributed by atoms with E-state index in [1.807, 2.05) is 18.2 Å². The second-order valence-corrected chi connectivity index (χ2v) is 4.69. The van der Waals surface area contributed by atoms with Crippen LogP contribution in [0, 0.1) is 0 Å². The largest absolute Gasteiger partial charge is 0.376 e. The van der Waals surface area contributed by atoms with Gasteiger partial charge in [0.25, 0.3) is 0 Å². The minimum atomic E-state index is -0.0885. The van der Waals surface area contributed by atoms with E-state index in [0.29, 0.717) is 6.61 Å². The highest BCUT2D eigenvalue weighted by molar-refractivity contribution is 5.13. The van der Waals surface area contributed by atoms with Gasteiger partial charge in [0.2, 0.25) is 0 Å². The zero-order valence-corrected chi connectivity index (χ0v) is 10.1. The molecule has 2 rings (SSSR count). The number of ether oxygens (including phenoxy) is 2. The van der Waals surface area contributed by atoms with Gasteiger partial charge in [-0.25, -0.2) is 0 Å². The van der Waals surface area contributed by atoms with Crippen molar-refractivity contribution >= 4 is 0 Å². The number of methoxy groups -OCH3 is 1. The molecule has 0 aliphatic heterocycles. The molecule has 0 N–H and O–H groups in total. The second kappa shape index (κ2) is 4.98. The third-order valence-electron chi connectivity index (χ3n) is 3.58. The average Bonchev–Trinajstić information content (AvgIpc) is 2.70. The summed E-state index contributed by atoms with van der Waals surface area (Å²) in [5.41, 5.74) is 1.14. The van der Waals surface area contributed by atoms with Gasteiger partial charge < -0.3 is 9.47 Å². The Bertz CT molecular complexity index is 323. The summed E-state index contributed by atoms with van der Waals surface area (Å²) in [5.74, 6) is 0.